The van der Waals surface area contributed by atoms with Crippen LogP contribution in [0.5, 0.6) is 0 Å². The molecule has 3 N–H and O–H groups in total. The third-order valence-corrected chi connectivity index (χ3v) is 1.39. The van der Waals surface area contributed by atoms with E-state index in [0.717, 1.165) is 0 Å². The van der Waals surface area contributed by atoms with Gasteiger partial charge in [0.2, 0.25) is 0 Å². The molecule has 0 aliphatic carbocycles. The van der Waals surface area contributed by atoms with E-state index in [9.17, 15) is 0 Å². The molecule has 5 heteroatoms. The molecular weight excluding hydrogens is 152 g/mol. The number of halogens is 1. The molecule has 54 valence electrons. The maximum Gasteiger partial charge on any atom is 0.194 e. The Hall–Kier alpha value is -1.03. The Bertz CT molecular complexity index is 198. The van der Waals surface area contributed by atoms with Gasteiger partial charge in [-0.15, -0.1) is 0 Å². The summed E-state index contributed by atoms with van der Waals surface area (Å²) < 4.78 is 0. The second kappa shape index (κ2) is 2.70. The molecule has 0 aromatic carbocycles. The fraction of sp³-hybridized carbons (Fsp3) is 0.200. The van der Waals surface area contributed by atoms with E-state index >= 15 is 0 Å². The first-order valence-electron chi connectivity index (χ1n) is 2.68. The van der Waals surface area contributed by atoms with Crippen LogP contribution in [-0.4, -0.2) is 22.6 Å². The zero-order valence-corrected chi connectivity index (χ0v) is 5.92. The molecule has 0 aromatic rings. The van der Waals surface area contributed by atoms with Crippen molar-refractivity contribution in [1.29, 1.82) is 5.41 Å². The average molecular weight is 159 g/mol. The smallest absolute Gasteiger partial charge is 0.194 e. The van der Waals surface area contributed by atoms with Gasteiger partial charge >= 0.3 is 0 Å². The van der Waals surface area contributed by atoms with Gasteiger partial charge in [-0.1, -0.05) is 11.6 Å². The monoisotopic (exact) mass is 158 g/mol. The first-order valence-corrected chi connectivity index (χ1v) is 3.12. The van der Waals surface area contributed by atoms with E-state index in [4.69, 9.17) is 22.7 Å². The lowest BCUT2D eigenvalue weighted by atomic mass is 10.5. The molecule has 0 saturated heterocycles. The Kier molecular flexibility index (Phi) is 1.91. The van der Waals surface area contributed by atoms with E-state index in [-0.39, 0.29) is 5.96 Å². The van der Waals surface area contributed by atoms with Crippen LogP contribution in [0, 0.1) is 5.41 Å². The number of nitrogens with two attached hydrogens (primary N) is 1. The number of guanidine groups is 1. The van der Waals surface area contributed by atoms with Crippen molar-refractivity contribution < 1.29 is 0 Å². The van der Waals surface area contributed by atoms with Crippen molar-refractivity contribution >= 4 is 23.8 Å². The minimum Gasteiger partial charge on any atom is -0.370 e. The van der Waals surface area contributed by atoms with Crippen LogP contribution in [0.2, 0.25) is 0 Å². The van der Waals surface area contributed by atoms with Crippen LogP contribution < -0.4 is 5.73 Å². The topological polar surface area (TPSA) is 65.5 Å². The van der Waals surface area contributed by atoms with Crippen LogP contribution in [-0.2, 0) is 0 Å². The van der Waals surface area contributed by atoms with Crippen molar-refractivity contribution in [3.8, 4) is 0 Å². The largest absolute Gasteiger partial charge is 0.370 e. The Balaban J connectivity index is 2.70. The quantitative estimate of drug-likeness (QED) is 0.231. The molecule has 0 spiro atoms. The van der Waals surface area contributed by atoms with Crippen LogP contribution in [0.15, 0.2) is 17.4 Å². The van der Waals surface area contributed by atoms with Crippen LogP contribution in [0.25, 0.3) is 0 Å². The van der Waals surface area contributed by atoms with Gasteiger partial charge in [0.25, 0.3) is 0 Å². The van der Waals surface area contributed by atoms with Gasteiger partial charge in [0.15, 0.2) is 5.96 Å². The Morgan fingerprint density at radius 2 is 2.50 bits per heavy atom. The first kappa shape index (κ1) is 7.08. The van der Waals surface area contributed by atoms with Gasteiger partial charge in [-0.2, -0.15) is 0 Å². The van der Waals surface area contributed by atoms with Gasteiger partial charge in [-0.25, -0.2) is 0 Å². The number of rotatable bonds is 0. The van der Waals surface area contributed by atoms with E-state index < -0.39 is 5.50 Å². The maximum absolute atomic E-state index is 7.03. The van der Waals surface area contributed by atoms with Crippen molar-refractivity contribution in [2.75, 3.05) is 0 Å². The van der Waals surface area contributed by atoms with Gasteiger partial charge in [-0.05, 0) is 0 Å². The summed E-state index contributed by atoms with van der Waals surface area (Å²) in [6, 6.07) is 0. The molecule has 1 atom stereocenters. The van der Waals surface area contributed by atoms with Crippen molar-refractivity contribution in [3.05, 3.63) is 12.4 Å². The zero-order chi connectivity index (χ0) is 7.56. The van der Waals surface area contributed by atoms with E-state index in [1.54, 1.807) is 6.20 Å². The second-order valence-corrected chi connectivity index (χ2v) is 2.21. The zero-order valence-electron chi connectivity index (χ0n) is 5.16. The fourth-order valence-electron chi connectivity index (χ4n) is 0.598. The highest BCUT2D eigenvalue weighted by Gasteiger charge is 2.13. The van der Waals surface area contributed by atoms with Crippen LogP contribution in [0.1, 0.15) is 0 Å². The summed E-state index contributed by atoms with van der Waals surface area (Å²) in [6.45, 7) is 0. The van der Waals surface area contributed by atoms with Gasteiger partial charge in [0, 0.05) is 18.6 Å². The molecule has 1 unspecified atom stereocenters. The minimum atomic E-state index is -0.428. The highest BCUT2D eigenvalue weighted by atomic mass is 35.5. The number of hydrogen-bond acceptors (Lipinski definition) is 2. The van der Waals surface area contributed by atoms with Crippen molar-refractivity contribution in [2.45, 2.75) is 5.50 Å². The van der Waals surface area contributed by atoms with Gasteiger partial charge in [0.1, 0.15) is 5.50 Å². The number of nitrogens with zero attached hydrogens (tertiary/aromatic N) is 2. The van der Waals surface area contributed by atoms with Crippen molar-refractivity contribution in [1.82, 2.24) is 4.90 Å². The molecule has 1 rings (SSSR count). The van der Waals surface area contributed by atoms with Crippen molar-refractivity contribution in [2.24, 2.45) is 10.7 Å². The van der Waals surface area contributed by atoms with Crippen LogP contribution >= 0.6 is 11.6 Å². The molecule has 0 radical (unpaired) electrons. The summed E-state index contributed by atoms with van der Waals surface area (Å²) in [5.41, 5.74) is 4.74. The number of alkyl halides is 1. The molecule has 4 nitrogen and oxygen atoms in total. The number of nitrogens with one attached hydrogen (secondary N) is 1. The third-order valence-electron chi connectivity index (χ3n) is 1.07. The summed E-state index contributed by atoms with van der Waals surface area (Å²) in [7, 11) is 0. The fourth-order valence-corrected chi connectivity index (χ4v) is 0.833. The molecule has 1 aliphatic heterocycles. The molecule has 0 fully saturated rings. The van der Waals surface area contributed by atoms with Crippen LogP contribution in [0.3, 0.4) is 0 Å². The molecule has 0 bridgehead atoms. The lowest BCUT2D eigenvalue weighted by Gasteiger charge is -2.22. The standard InChI is InChI=1S/C5H7ClN4/c6-4-3-9-1-2-10(4)5(7)8/h1-4H,(H3,7,8). The minimum absolute atomic E-state index is 0.0811. The summed E-state index contributed by atoms with van der Waals surface area (Å²) in [4.78, 5) is 5.16. The average Bonchev–Trinajstić information content (AvgIpc) is 1.88. The Morgan fingerprint density at radius 1 is 1.80 bits per heavy atom. The van der Waals surface area contributed by atoms with E-state index in [1.807, 2.05) is 0 Å². The predicted octanol–water partition coefficient (Wildman–Crippen LogP) is 0.302. The molecular formula is C5H7ClN4. The Labute approximate surface area is 63.5 Å². The summed E-state index contributed by atoms with van der Waals surface area (Å²) >= 11 is 5.68. The lowest BCUT2D eigenvalue weighted by molar-refractivity contribution is 0.583. The summed E-state index contributed by atoms with van der Waals surface area (Å²) in [6.07, 6.45) is 4.59. The van der Waals surface area contributed by atoms with E-state index in [2.05, 4.69) is 4.99 Å². The van der Waals surface area contributed by atoms with Crippen molar-refractivity contribution in [3.63, 3.8) is 0 Å². The van der Waals surface area contributed by atoms with E-state index in [1.165, 1.54) is 17.3 Å². The third kappa shape index (κ3) is 1.27. The molecule has 10 heavy (non-hydrogen) atoms. The van der Waals surface area contributed by atoms with Gasteiger partial charge in [0.05, 0.1) is 0 Å². The molecule has 1 heterocycles. The SMILES string of the molecule is N=C(N)N1C=CN=CC1Cl. The normalized spacial score (nSPS) is 23.3. The number of hydrogen-bond donors (Lipinski definition) is 2. The summed E-state index contributed by atoms with van der Waals surface area (Å²) in [5.74, 6) is -0.0811. The molecule has 1 aliphatic rings. The van der Waals surface area contributed by atoms with Crippen LogP contribution in [0.4, 0.5) is 0 Å². The lowest BCUT2D eigenvalue weighted by Crippen LogP contribution is -2.39. The second-order valence-electron chi connectivity index (χ2n) is 1.76. The number of aliphatic imine (C=N–C) groups is 1. The summed E-state index contributed by atoms with van der Waals surface area (Å²) in [5, 5.41) is 7.03. The van der Waals surface area contributed by atoms with Gasteiger partial charge < -0.3 is 5.73 Å². The predicted molar refractivity (Wildman–Crippen MR) is 41.0 cm³/mol. The first-order chi connectivity index (χ1) is 4.72. The van der Waals surface area contributed by atoms with Gasteiger partial charge in [-0.3, -0.25) is 15.3 Å². The maximum atomic E-state index is 7.03. The Morgan fingerprint density at radius 3 is 2.90 bits per heavy atom. The molecule has 0 amide bonds. The molecule has 0 saturated carbocycles. The highest BCUT2D eigenvalue weighted by molar-refractivity contribution is 6.29. The molecule has 0 aromatic heterocycles. The van der Waals surface area contributed by atoms with E-state index in [0.29, 0.717) is 0 Å². The highest BCUT2D eigenvalue weighted by Crippen LogP contribution is 2.06.